The third kappa shape index (κ3) is 2.83. The summed E-state index contributed by atoms with van der Waals surface area (Å²) >= 11 is 1.38. The van der Waals surface area contributed by atoms with E-state index in [-0.39, 0.29) is 17.7 Å². The predicted molar refractivity (Wildman–Crippen MR) is 97.0 cm³/mol. The molecule has 1 unspecified atom stereocenters. The van der Waals surface area contributed by atoms with Gasteiger partial charge in [0.1, 0.15) is 5.82 Å². The van der Waals surface area contributed by atoms with Crippen molar-refractivity contribution in [2.24, 2.45) is 7.05 Å². The topological polar surface area (TPSA) is 76.0 Å². The highest BCUT2D eigenvalue weighted by Gasteiger charge is 2.33. The minimum atomic E-state index is -0.195. The Morgan fingerprint density at radius 1 is 1.28 bits per heavy atom. The van der Waals surface area contributed by atoms with Crippen molar-refractivity contribution in [3.05, 3.63) is 63.8 Å². The lowest BCUT2D eigenvalue weighted by Crippen LogP contribution is -2.25. The van der Waals surface area contributed by atoms with Crippen LogP contribution in [0.25, 0.3) is 0 Å². The summed E-state index contributed by atoms with van der Waals surface area (Å²) in [4.78, 5) is 25.2. The number of fused-ring (bicyclic) bond motifs is 1. The summed E-state index contributed by atoms with van der Waals surface area (Å²) in [5, 5.41) is 12.0. The molecule has 0 aliphatic carbocycles. The molecule has 2 N–H and O–H groups in total. The molecule has 1 aromatic carbocycles. The molecule has 1 atom stereocenters. The van der Waals surface area contributed by atoms with Crippen LogP contribution in [-0.2, 0) is 11.8 Å². The number of thiophene rings is 1. The van der Waals surface area contributed by atoms with Crippen LogP contribution in [0.5, 0.6) is 0 Å². The summed E-state index contributed by atoms with van der Waals surface area (Å²) in [6.07, 6.45) is 0.324. The van der Waals surface area contributed by atoms with Gasteiger partial charge in [-0.05, 0) is 17.0 Å². The Kier molecular flexibility index (Phi) is 3.85. The molecule has 4 rings (SSSR count). The average molecular weight is 352 g/mol. The minimum Gasteiger partial charge on any atom is -0.311 e. The van der Waals surface area contributed by atoms with Crippen molar-refractivity contribution in [3.8, 4) is 0 Å². The van der Waals surface area contributed by atoms with Crippen molar-refractivity contribution in [2.75, 3.05) is 10.6 Å². The number of hydrogen-bond donors (Lipinski definition) is 2. The van der Waals surface area contributed by atoms with Gasteiger partial charge in [-0.15, -0.1) is 11.3 Å². The summed E-state index contributed by atoms with van der Waals surface area (Å²) in [5.41, 5.74) is 1.87. The van der Waals surface area contributed by atoms with Gasteiger partial charge < -0.3 is 10.6 Å². The number of benzene rings is 1. The van der Waals surface area contributed by atoms with Crippen LogP contribution in [0.15, 0.2) is 47.8 Å². The van der Waals surface area contributed by atoms with E-state index in [1.54, 1.807) is 17.8 Å². The number of anilines is 2. The number of aryl methyl sites for hydroxylation is 1. The van der Waals surface area contributed by atoms with Gasteiger partial charge in [0, 0.05) is 24.9 Å². The van der Waals surface area contributed by atoms with Crippen LogP contribution in [0, 0.1) is 0 Å². The molecule has 126 valence electrons. The summed E-state index contributed by atoms with van der Waals surface area (Å²) in [6, 6.07) is 13.4. The largest absolute Gasteiger partial charge is 0.311 e. The Balaban J connectivity index is 1.76. The van der Waals surface area contributed by atoms with Crippen LogP contribution in [0.1, 0.15) is 33.1 Å². The number of rotatable bonds is 3. The maximum atomic E-state index is 12.4. The van der Waals surface area contributed by atoms with E-state index in [0.29, 0.717) is 22.9 Å². The Morgan fingerprint density at radius 3 is 2.80 bits per heavy atom. The van der Waals surface area contributed by atoms with Gasteiger partial charge in [-0.2, -0.15) is 5.10 Å². The molecule has 25 heavy (non-hydrogen) atoms. The quantitative estimate of drug-likeness (QED) is 0.760. The maximum Gasteiger partial charge on any atom is 0.266 e. The second-order valence-electron chi connectivity index (χ2n) is 5.88. The van der Waals surface area contributed by atoms with Gasteiger partial charge in [0.15, 0.2) is 5.82 Å². The van der Waals surface area contributed by atoms with Crippen LogP contribution >= 0.6 is 11.3 Å². The lowest BCUT2D eigenvalue weighted by atomic mass is 9.86. The van der Waals surface area contributed by atoms with Gasteiger partial charge in [0.2, 0.25) is 5.91 Å². The van der Waals surface area contributed by atoms with Gasteiger partial charge in [-0.3, -0.25) is 14.3 Å². The fourth-order valence-electron chi connectivity index (χ4n) is 3.13. The van der Waals surface area contributed by atoms with E-state index in [1.807, 2.05) is 41.8 Å². The summed E-state index contributed by atoms with van der Waals surface area (Å²) in [7, 11) is 1.76. The van der Waals surface area contributed by atoms with E-state index in [0.717, 1.165) is 11.1 Å². The van der Waals surface area contributed by atoms with Gasteiger partial charge in [0.05, 0.1) is 4.88 Å². The Hall–Kier alpha value is -2.93. The molecule has 1 aliphatic heterocycles. The molecule has 0 radical (unpaired) electrons. The Labute approximate surface area is 148 Å². The summed E-state index contributed by atoms with van der Waals surface area (Å²) < 4.78 is 1.60. The number of nitrogens with zero attached hydrogens (tertiary/aromatic N) is 2. The zero-order valence-electron chi connectivity index (χ0n) is 13.5. The van der Waals surface area contributed by atoms with Crippen molar-refractivity contribution >= 4 is 34.8 Å². The van der Waals surface area contributed by atoms with Gasteiger partial charge >= 0.3 is 0 Å². The standard InChI is InChI=1S/C18H16N4O2S/c1-22-17-15(16(21-22)20-18(24)13-8-5-9-25-13)12(10-14(23)19-17)11-6-3-2-4-7-11/h2-9,12H,10H2,1H3,(H,19,23)(H,20,21,24). The number of nitrogens with one attached hydrogen (secondary N) is 2. The number of amides is 2. The number of aromatic nitrogens is 2. The zero-order chi connectivity index (χ0) is 17.4. The lowest BCUT2D eigenvalue weighted by Gasteiger charge is -2.24. The molecular weight excluding hydrogens is 336 g/mol. The second-order valence-corrected chi connectivity index (χ2v) is 6.83. The zero-order valence-corrected chi connectivity index (χ0v) is 14.3. The Bertz CT molecular complexity index is 932. The lowest BCUT2D eigenvalue weighted by molar-refractivity contribution is -0.116. The first kappa shape index (κ1) is 15.6. The van der Waals surface area contributed by atoms with Crippen LogP contribution in [0.3, 0.4) is 0 Å². The normalized spacial score (nSPS) is 16.2. The van der Waals surface area contributed by atoms with Crippen LogP contribution in [-0.4, -0.2) is 21.6 Å². The molecule has 3 heterocycles. The SMILES string of the molecule is Cn1nc(NC(=O)c2cccs2)c2c1NC(=O)CC2c1ccccc1. The van der Waals surface area contributed by atoms with Crippen molar-refractivity contribution < 1.29 is 9.59 Å². The first-order valence-corrected chi connectivity index (χ1v) is 8.78. The average Bonchev–Trinajstić information content (AvgIpc) is 3.24. The molecule has 0 spiro atoms. The van der Waals surface area contributed by atoms with Gasteiger partial charge in [0.25, 0.3) is 5.91 Å². The van der Waals surface area contributed by atoms with Crippen LogP contribution in [0.4, 0.5) is 11.6 Å². The molecule has 0 bridgehead atoms. The number of carbonyl (C=O) groups is 2. The van der Waals surface area contributed by atoms with E-state index in [1.165, 1.54) is 11.3 Å². The van der Waals surface area contributed by atoms with E-state index < -0.39 is 0 Å². The van der Waals surface area contributed by atoms with Crippen molar-refractivity contribution in [2.45, 2.75) is 12.3 Å². The summed E-state index contributed by atoms with van der Waals surface area (Å²) in [6.45, 7) is 0. The molecule has 7 heteroatoms. The summed E-state index contributed by atoms with van der Waals surface area (Å²) in [5.74, 6) is 0.730. The first-order chi connectivity index (χ1) is 12.1. The molecule has 2 aromatic heterocycles. The molecular formula is C18H16N4O2S. The highest BCUT2D eigenvalue weighted by Crippen LogP contribution is 2.41. The number of hydrogen-bond acceptors (Lipinski definition) is 4. The van der Waals surface area contributed by atoms with E-state index in [9.17, 15) is 9.59 Å². The molecule has 1 aliphatic rings. The predicted octanol–water partition coefficient (Wildman–Crippen LogP) is 3.21. The molecule has 6 nitrogen and oxygen atoms in total. The minimum absolute atomic E-state index is 0.0551. The second kappa shape index (κ2) is 6.18. The van der Waals surface area contributed by atoms with Crippen molar-refractivity contribution in [3.63, 3.8) is 0 Å². The molecule has 3 aromatic rings. The fraction of sp³-hybridized carbons (Fsp3) is 0.167. The highest BCUT2D eigenvalue weighted by molar-refractivity contribution is 7.12. The van der Waals surface area contributed by atoms with Crippen molar-refractivity contribution in [1.29, 1.82) is 0 Å². The van der Waals surface area contributed by atoms with Gasteiger partial charge in [-0.1, -0.05) is 36.4 Å². The smallest absolute Gasteiger partial charge is 0.266 e. The molecule has 2 amide bonds. The maximum absolute atomic E-state index is 12.4. The van der Waals surface area contributed by atoms with E-state index >= 15 is 0 Å². The monoisotopic (exact) mass is 352 g/mol. The van der Waals surface area contributed by atoms with Gasteiger partial charge in [-0.25, -0.2) is 0 Å². The number of carbonyl (C=O) groups excluding carboxylic acids is 2. The molecule has 0 saturated carbocycles. The van der Waals surface area contributed by atoms with Crippen LogP contribution in [0.2, 0.25) is 0 Å². The van der Waals surface area contributed by atoms with E-state index in [4.69, 9.17) is 0 Å². The fourth-order valence-corrected chi connectivity index (χ4v) is 3.75. The van der Waals surface area contributed by atoms with Crippen LogP contribution < -0.4 is 10.6 Å². The Morgan fingerprint density at radius 2 is 2.08 bits per heavy atom. The van der Waals surface area contributed by atoms with E-state index in [2.05, 4.69) is 15.7 Å². The third-order valence-corrected chi connectivity index (χ3v) is 5.13. The third-order valence-electron chi connectivity index (χ3n) is 4.26. The van der Waals surface area contributed by atoms with Crippen molar-refractivity contribution in [1.82, 2.24) is 9.78 Å². The highest BCUT2D eigenvalue weighted by atomic mass is 32.1. The molecule has 0 saturated heterocycles. The molecule has 0 fully saturated rings. The first-order valence-electron chi connectivity index (χ1n) is 7.90.